The summed E-state index contributed by atoms with van der Waals surface area (Å²) < 4.78 is 13.1. The number of halogens is 1. The van der Waals surface area contributed by atoms with E-state index in [1.54, 1.807) is 12.1 Å². The molecule has 0 N–H and O–H groups in total. The molecule has 2 heteroatoms. The fourth-order valence-electron chi connectivity index (χ4n) is 5.10. The molecule has 0 radical (unpaired) electrons. The van der Waals surface area contributed by atoms with Crippen LogP contribution in [-0.2, 0) is 39.1 Å². The van der Waals surface area contributed by atoms with Gasteiger partial charge in [-0.2, -0.15) is 17.7 Å². The standard InChI is InChI=1S/C23H34F.Y/c1-18-9-13-21(14-10-18)22-15-11-19(12-16-22)5-2-3-6-20-7-4-8-23(24)17-20;/h4,7,17-19,21-22H,2-3,5-6,9-16H2,1H3;/q-1;+3. The molecule has 2 saturated carbocycles. The monoisotopic (exact) mass is 418 g/mol. The summed E-state index contributed by atoms with van der Waals surface area (Å²) >= 11 is 0. The molecule has 0 aliphatic heterocycles. The van der Waals surface area contributed by atoms with Crippen molar-refractivity contribution in [2.45, 2.75) is 84.0 Å². The predicted octanol–water partition coefficient (Wildman–Crippen LogP) is 6.97. The van der Waals surface area contributed by atoms with Crippen molar-refractivity contribution in [1.29, 1.82) is 0 Å². The Morgan fingerprint density at radius 3 is 2.24 bits per heavy atom. The Labute approximate surface area is 179 Å². The van der Waals surface area contributed by atoms with E-state index in [2.05, 4.69) is 13.0 Å². The van der Waals surface area contributed by atoms with Gasteiger partial charge < -0.3 is 0 Å². The van der Waals surface area contributed by atoms with E-state index in [0.717, 1.165) is 35.7 Å². The zero-order valence-electron chi connectivity index (χ0n) is 16.0. The molecular formula is C23H34FY+2. The molecule has 2 fully saturated rings. The maximum atomic E-state index is 13.1. The first-order valence-electron chi connectivity index (χ1n) is 10.4. The van der Waals surface area contributed by atoms with Crippen LogP contribution in [0.5, 0.6) is 0 Å². The molecule has 2 aliphatic carbocycles. The summed E-state index contributed by atoms with van der Waals surface area (Å²) in [5.74, 6) is 3.81. The van der Waals surface area contributed by atoms with Gasteiger partial charge >= 0.3 is 32.7 Å². The third kappa shape index (κ3) is 7.06. The number of rotatable bonds is 6. The average molecular weight is 418 g/mol. The van der Waals surface area contributed by atoms with Gasteiger partial charge in [0.1, 0.15) is 0 Å². The molecule has 2 aliphatic rings. The van der Waals surface area contributed by atoms with Crippen LogP contribution in [0.25, 0.3) is 0 Å². The van der Waals surface area contributed by atoms with E-state index in [0.29, 0.717) is 0 Å². The van der Waals surface area contributed by atoms with Crippen molar-refractivity contribution in [2.24, 2.45) is 23.7 Å². The van der Waals surface area contributed by atoms with Crippen LogP contribution >= 0.6 is 0 Å². The van der Waals surface area contributed by atoms with Crippen LogP contribution in [0, 0.1) is 35.6 Å². The number of hydrogen-bond acceptors (Lipinski definition) is 0. The molecule has 0 unspecified atom stereocenters. The molecule has 0 bridgehead atoms. The number of aryl methyl sites for hydroxylation is 1. The SMILES string of the molecule is CC1CCC(C2CCC(CCCCc3cc[c-]c(F)c3)CC2)CC1.[Y+3]. The summed E-state index contributed by atoms with van der Waals surface area (Å²) in [5, 5.41) is 0. The van der Waals surface area contributed by atoms with Crippen LogP contribution in [-0.4, -0.2) is 0 Å². The Bertz CT molecular complexity index is 485. The number of hydrogen-bond donors (Lipinski definition) is 0. The predicted molar refractivity (Wildman–Crippen MR) is 99.4 cm³/mol. The number of unbranched alkanes of at least 4 members (excludes halogenated alkanes) is 1. The van der Waals surface area contributed by atoms with E-state index in [-0.39, 0.29) is 38.5 Å². The fourth-order valence-corrected chi connectivity index (χ4v) is 5.10. The molecule has 0 amide bonds. The van der Waals surface area contributed by atoms with Gasteiger partial charge in [0.05, 0.1) is 0 Å². The van der Waals surface area contributed by atoms with Crippen molar-refractivity contribution in [1.82, 2.24) is 0 Å². The van der Waals surface area contributed by atoms with Crippen LogP contribution < -0.4 is 0 Å². The average Bonchev–Trinajstić information content (AvgIpc) is 2.60. The smallest absolute Gasteiger partial charge is 0.236 e. The van der Waals surface area contributed by atoms with Crippen LogP contribution in [0.15, 0.2) is 18.2 Å². The molecule has 1 aromatic carbocycles. The summed E-state index contributed by atoms with van der Waals surface area (Å²) in [6, 6.07) is 7.92. The second-order valence-electron chi connectivity index (χ2n) is 8.59. The van der Waals surface area contributed by atoms with E-state index in [1.807, 2.05) is 6.07 Å². The van der Waals surface area contributed by atoms with Gasteiger partial charge in [-0.15, -0.1) is 12.1 Å². The van der Waals surface area contributed by atoms with Gasteiger partial charge in [-0.25, -0.2) is 4.39 Å². The minimum absolute atomic E-state index is 0. The Kier molecular flexibility index (Phi) is 9.64. The third-order valence-corrected chi connectivity index (χ3v) is 6.78. The Morgan fingerprint density at radius 1 is 0.960 bits per heavy atom. The second-order valence-corrected chi connectivity index (χ2v) is 8.59. The van der Waals surface area contributed by atoms with Crippen molar-refractivity contribution in [2.75, 3.05) is 0 Å². The molecule has 0 spiro atoms. The summed E-state index contributed by atoms with van der Waals surface area (Å²) in [5.41, 5.74) is 1.13. The molecule has 0 heterocycles. The van der Waals surface area contributed by atoms with Crippen molar-refractivity contribution >= 4 is 0 Å². The van der Waals surface area contributed by atoms with E-state index in [4.69, 9.17) is 0 Å². The first kappa shape index (κ1) is 21.6. The largest absolute Gasteiger partial charge is 3.00 e. The Hall–Kier alpha value is 0.254. The van der Waals surface area contributed by atoms with Crippen molar-refractivity contribution in [3.05, 3.63) is 35.6 Å². The third-order valence-electron chi connectivity index (χ3n) is 6.78. The molecule has 0 saturated heterocycles. The van der Waals surface area contributed by atoms with Crippen molar-refractivity contribution in [3.63, 3.8) is 0 Å². The molecule has 134 valence electrons. The second kappa shape index (κ2) is 11.2. The van der Waals surface area contributed by atoms with Gasteiger partial charge in [0.25, 0.3) is 0 Å². The van der Waals surface area contributed by atoms with Gasteiger partial charge in [0.15, 0.2) is 0 Å². The summed E-state index contributed by atoms with van der Waals surface area (Å²) in [7, 11) is 0. The Balaban J connectivity index is 0.00000225. The molecule has 0 atom stereocenters. The van der Waals surface area contributed by atoms with Crippen LogP contribution in [0.3, 0.4) is 0 Å². The van der Waals surface area contributed by atoms with Gasteiger partial charge in [-0.3, -0.25) is 0 Å². The molecule has 0 nitrogen and oxygen atoms in total. The first-order chi connectivity index (χ1) is 11.7. The zero-order valence-corrected chi connectivity index (χ0v) is 18.8. The minimum Gasteiger partial charge on any atom is -0.236 e. The van der Waals surface area contributed by atoms with Gasteiger partial charge in [-0.05, 0) is 49.4 Å². The molecule has 0 aromatic heterocycles. The molecule has 1 aromatic rings. The van der Waals surface area contributed by atoms with Crippen LogP contribution in [0.4, 0.5) is 4.39 Å². The van der Waals surface area contributed by atoms with Crippen molar-refractivity contribution < 1.29 is 37.1 Å². The topological polar surface area (TPSA) is 0 Å². The van der Waals surface area contributed by atoms with Crippen molar-refractivity contribution in [3.8, 4) is 0 Å². The normalized spacial score (nSPS) is 29.8. The molecule has 25 heavy (non-hydrogen) atoms. The first-order valence-corrected chi connectivity index (χ1v) is 10.4. The maximum Gasteiger partial charge on any atom is 3.00 e. The molecule has 3 rings (SSSR count). The summed E-state index contributed by atoms with van der Waals surface area (Å²) in [6.07, 6.45) is 16.8. The van der Waals surface area contributed by atoms with E-state index in [1.165, 1.54) is 70.6 Å². The van der Waals surface area contributed by atoms with Gasteiger partial charge in [-0.1, -0.05) is 58.3 Å². The molecular weight excluding hydrogens is 384 g/mol. The van der Waals surface area contributed by atoms with Crippen LogP contribution in [0.2, 0.25) is 0 Å². The van der Waals surface area contributed by atoms with E-state index < -0.39 is 0 Å². The van der Waals surface area contributed by atoms with Gasteiger partial charge in [0.2, 0.25) is 0 Å². The van der Waals surface area contributed by atoms with E-state index in [9.17, 15) is 4.39 Å². The zero-order chi connectivity index (χ0) is 16.8. The maximum absolute atomic E-state index is 13.1. The number of benzene rings is 1. The Morgan fingerprint density at radius 2 is 1.60 bits per heavy atom. The van der Waals surface area contributed by atoms with Gasteiger partial charge in [0, 0.05) is 5.82 Å². The summed E-state index contributed by atoms with van der Waals surface area (Å²) in [4.78, 5) is 0. The summed E-state index contributed by atoms with van der Waals surface area (Å²) in [6.45, 7) is 2.43. The quantitative estimate of drug-likeness (QED) is 0.346. The van der Waals surface area contributed by atoms with E-state index >= 15 is 0 Å². The fraction of sp³-hybridized carbons (Fsp3) is 0.739. The minimum atomic E-state index is -0.220. The van der Waals surface area contributed by atoms with Crippen LogP contribution in [0.1, 0.15) is 83.1 Å².